The highest BCUT2D eigenvalue weighted by Crippen LogP contribution is 2.44. The van der Waals surface area contributed by atoms with Gasteiger partial charge in [0.1, 0.15) is 0 Å². The van der Waals surface area contributed by atoms with Crippen LogP contribution >= 0.6 is 23.2 Å². The summed E-state index contributed by atoms with van der Waals surface area (Å²) in [5.74, 6) is 0.331. The molecule has 0 radical (unpaired) electrons. The van der Waals surface area contributed by atoms with E-state index in [0.29, 0.717) is 23.0 Å². The standard InChI is InChI=1S/C29H38Cl2N2O2/c1-6-14-29(5)17-24(21-8-7-9-23(31)16-21)26(33-27(29)34)19(2)15-25(32-18-28(3,4)35)20-10-12-22(30)13-11-20/h6-13,16,19,24-26,32,35H,1,14-15,17-18H2,2-5H3,(H,33,34)/t19?,24-,25+,26+,29+/m1/s1. The molecule has 1 amide bonds. The average molecular weight is 518 g/mol. The van der Waals surface area contributed by atoms with Gasteiger partial charge in [-0.1, -0.05) is 67.4 Å². The highest BCUT2D eigenvalue weighted by Gasteiger charge is 2.45. The first kappa shape index (κ1) is 27.7. The van der Waals surface area contributed by atoms with Gasteiger partial charge in [0, 0.05) is 34.6 Å². The van der Waals surface area contributed by atoms with E-state index in [1.165, 1.54) is 0 Å². The molecule has 35 heavy (non-hydrogen) atoms. The van der Waals surface area contributed by atoms with Gasteiger partial charge in [-0.3, -0.25) is 4.79 Å². The molecule has 5 atom stereocenters. The van der Waals surface area contributed by atoms with Gasteiger partial charge < -0.3 is 15.7 Å². The summed E-state index contributed by atoms with van der Waals surface area (Å²) in [5, 5.41) is 18.6. The maximum atomic E-state index is 13.3. The lowest BCUT2D eigenvalue weighted by atomic mass is 9.67. The van der Waals surface area contributed by atoms with Crippen LogP contribution in [0.2, 0.25) is 10.0 Å². The molecule has 1 saturated heterocycles. The van der Waals surface area contributed by atoms with Crippen molar-refractivity contribution in [2.24, 2.45) is 11.3 Å². The number of halogens is 2. The number of carbonyl (C=O) groups excluding carboxylic acids is 1. The van der Waals surface area contributed by atoms with Gasteiger partial charge >= 0.3 is 0 Å². The van der Waals surface area contributed by atoms with Crippen molar-refractivity contribution in [1.29, 1.82) is 0 Å². The summed E-state index contributed by atoms with van der Waals surface area (Å²) >= 11 is 12.5. The number of rotatable bonds is 10. The van der Waals surface area contributed by atoms with Crippen molar-refractivity contribution in [2.45, 2.75) is 70.6 Å². The zero-order valence-electron chi connectivity index (χ0n) is 21.2. The van der Waals surface area contributed by atoms with Crippen LogP contribution in [0.4, 0.5) is 0 Å². The van der Waals surface area contributed by atoms with Crippen molar-refractivity contribution in [3.05, 3.63) is 82.4 Å². The molecule has 1 aliphatic heterocycles. The van der Waals surface area contributed by atoms with Crippen molar-refractivity contribution in [1.82, 2.24) is 10.6 Å². The third kappa shape index (κ3) is 7.33. The fraction of sp³-hybridized carbons (Fsp3) is 0.483. The van der Waals surface area contributed by atoms with E-state index in [9.17, 15) is 9.90 Å². The summed E-state index contributed by atoms with van der Waals surface area (Å²) in [6.07, 6.45) is 3.95. The maximum absolute atomic E-state index is 13.3. The van der Waals surface area contributed by atoms with Crippen molar-refractivity contribution < 1.29 is 9.90 Å². The van der Waals surface area contributed by atoms with Crippen LogP contribution in [0.5, 0.6) is 0 Å². The third-order valence-corrected chi connectivity index (χ3v) is 7.58. The minimum atomic E-state index is -0.844. The number of carbonyl (C=O) groups is 1. The molecule has 1 fully saturated rings. The Bertz CT molecular complexity index is 1020. The molecule has 1 heterocycles. The van der Waals surface area contributed by atoms with Gasteiger partial charge in [0.2, 0.25) is 5.91 Å². The fourth-order valence-corrected chi connectivity index (χ4v) is 5.48. The molecule has 4 nitrogen and oxygen atoms in total. The van der Waals surface area contributed by atoms with Crippen LogP contribution in [-0.2, 0) is 4.79 Å². The largest absolute Gasteiger partial charge is 0.389 e. The van der Waals surface area contributed by atoms with E-state index in [-0.39, 0.29) is 29.8 Å². The molecule has 1 aliphatic rings. The summed E-state index contributed by atoms with van der Waals surface area (Å²) in [7, 11) is 0. The molecule has 2 aromatic carbocycles. The molecule has 1 unspecified atom stereocenters. The van der Waals surface area contributed by atoms with Crippen molar-refractivity contribution >= 4 is 29.1 Å². The minimum absolute atomic E-state index is 0.00732. The Morgan fingerprint density at radius 1 is 1.23 bits per heavy atom. The normalized spacial score (nSPS) is 24.5. The second-order valence-electron chi connectivity index (χ2n) is 10.9. The SMILES string of the molecule is C=CC[C@@]1(C)C[C@H](c2cccc(Cl)c2)[C@H](C(C)C[C@H](NCC(C)(C)O)c2ccc(Cl)cc2)NC1=O. The summed E-state index contributed by atoms with van der Waals surface area (Å²) in [5.41, 5.74) is 0.878. The molecule has 0 aromatic heterocycles. The van der Waals surface area contributed by atoms with E-state index < -0.39 is 11.0 Å². The molecule has 0 spiro atoms. The molecule has 2 aromatic rings. The topological polar surface area (TPSA) is 61.4 Å². The molecule has 0 bridgehead atoms. The summed E-state index contributed by atoms with van der Waals surface area (Å²) < 4.78 is 0. The Balaban J connectivity index is 1.91. The second-order valence-corrected chi connectivity index (χ2v) is 11.8. The number of hydrogen-bond donors (Lipinski definition) is 3. The number of amides is 1. The van der Waals surface area contributed by atoms with E-state index in [2.05, 4.69) is 30.2 Å². The van der Waals surface area contributed by atoms with E-state index in [0.717, 1.165) is 24.0 Å². The van der Waals surface area contributed by atoms with Crippen LogP contribution < -0.4 is 10.6 Å². The van der Waals surface area contributed by atoms with Crippen LogP contribution in [0, 0.1) is 11.3 Å². The number of allylic oxidation sites excluding steroid dienone is 1. The molecular weight excluding hydrogens is 479 g/mol. The van der Waals surface area contributed by atoms with Crippen molar-refractivity contribution in [3.63, 3.8) is 0 Å². The average Bonchev–Trinajstić information content (AvgIpc) is 2.78. The van der Waals surface area contributed by atoms with Crippen molar-refractivity contribution in [3.8, 4) is 0 Å². The lowest BCUT2D eigenvalue weighted by Gasteiger charge is -2.45. The lowest BCUT2D eigenvalue weighted by Crippen LogP contribution is -2.55. The van der Waals surface area contributed by atoms with Gasteiger partial charge in [-0.15, -0.1) is 6.58 Å². The fourth-order valence-electron chi connectivity index (χ4n) is 5.15. The Morgan fingerprint density at radius 3 is 2.51 bits per heavy atom. The first-order chi connectivity index (χ1) is 16.4. The number of piperidine rings is 1. The van der Waals surface area contributed by atoms with E-state index >= 15 is 0 Å². The van der Waals surface area contributed by atoms with E-state index in [1.54, 1.807) is 13.8 Å². The molecule has 3 N–H and O–H groups in total. The smallest absolute Gasteiger partial charge is 0.226 e. The summed E-state index contributed by atoms with van der Waals surface area (Å²) in [6.45, 7) is 12.1. The lowest BCUT2D eigenvalue weighted by molar-refractivity contribution is -0.135. The van der Waals surface area contributed by atoms with Crippen LogP contribution in [0.15, 0.2) is 61.2 Å². The quantitative estimate of drug-likeness (QED) is 0.308. The Morgan fingerprint density at radius 2 is 1.91 bits per heavy atom. The molecule has 190 valence electrons. The Kier molecular flexibility index (Phi) is 9.09. The molecular formula is C29H38Cl2N2O2. The van der Waals surface area contributed by atoms with Crippen LogP contribution in [-0.4, -0.2) is 29.2 Å². The Labute approximate surface area is 220 Å². The second kappa shape index (κ2) is 11.5. The minimum Gasteiger partial charge on any atom is -0.389 e. The van der Waals surface area contributed by atoms with E-state index in [1.807, 2.05) is 55.5 Å². The van der Waals surface area contributed by atoms with Crippen LogP contribution in [0.25, 0.3) is 0 Å². The zero-order valence-corrected chi connectivity index (χ0v) is 22.7. The molecule has 3 rings (SSSR count). The summed E-state index contributed by atoms with van der Waals surface area (Å²) in [6, 6.07) is 15.7. The van der Waals surface area contributed by atoms with Crippen LogP contribution in [0.3, 0.4) is 0 Å². The monoisotopic (exact) mass is 516 g/mol. The van der Waals surface area contributed by atoms with Gasteiger partial charge in [-0.25, -0.2) is 0 Å². The zero-order chi connectivity index (χ0) is 25.8. The first-order valence-corrected chi connectivity index (χ1v) is 13.1. The molecule has 6 heteroatoms. The van der Waals surface area contributed by atoms with Crippen LogP contribution in [0.1, 0.15) is 70.0 Å². The Hall–Kier alpha value is -1.85. The van der Waals surface area contributed by atoms with Gasteiger partial charge in [-0.2, -0.15) is 0 Å². The van der Waals surface area contributed by atoms with Gasteiger partial charge in [-0.05, 0) is 74.4 Å². The number of benzene rings is 2. The predicted molar refractivity (Wildman–Crippen MR) is 146 cm³/mol. The molecule has 0 aliphatic carbocycles. The van der Waals surface area contributed by atoms with E-state index in [4.69, 9.17) is 23.2 Å². The van der Waals surface area contributed by atoms with Gasteiger partial charge in [0.15, 0.2) is 0 Å². The number of nitrogens with one attached hydrogen (secondary N) is 2. The predicted octanol–water partition coefficient (Wildman–Crippen LogP) is 6.68. The number of hydrogen-bond acceptors (Lipinski definition) is 3. The maximum Gasteiger partial charge on any atom is 0.226 e. The van der Waals surface area contributed by atoms with Crippen molar-refractivity contribution in [2.75, 3.05) is 6.54 Å². The first-order valence-electron chi connectivity index (χ1n) is 12.3. The van der Waals surface area contributed by atoms with Gasteiger partial charge in [0.25, 0.3) is 0 Å². The number of aliphatic hydroxyl groups is 1. The molecule has 0 saturated carbocycles. The summed E-state index contributed by atoms with van der Waals surface area (Å²) in [4.78, 5) is 13.3. The third-order valence-electron chi connectivity index (χ3n) is 7.10. The van der Waals surface area contributed by atoms with Gasteiger partial charge in [0.05, 0.1) is 11.0 Å². The highest BCUT2D eigenvalue weighted by atomic mass is 35.5. The highest BCUT2D eigenvalue weighted by molar-refractivity contribution is 6.30.